The van der Waals surface area contributed by atoms with Crippen molar-refractivity contribution < 1.29 is 19.2 Å². The van der Waals surface area contributed by atoms with Crippen molar-refractivity contribution >= 4 is 41.6 Å². The summed E-state index contributed by atoms with van der Waals surface area (Å²) >= 11 is 0. The van der Waals surface area contributed by atoms with Crippen LogP contribution in [0.3, 0.4) is 0 Å². The maximum absolute atomic E-state index is 14.2. The Bertz CT molecular complexity index is 1180. The molecule has 1 unspecified atom stereocenters. The molecule has 1 aromatic carbocycles. The molecule has 1 heterocycles. The lowest BCUT2D eigenvalue weighted by Crippen LogP contribution is -2.58. The summed E-state index contributed by atoms with van der Waals surface area (Å²) in [6, 6.07) is 5.45. The summed E-state index contributed by atoms with van der Waals surface area (Å²) in [4.78, 5) is 61.6. The summed E-state index contributed by atoms with van der Waals surface area (Å²) in [5.74, 6) is -0.922. The minimum atomic E-state index is -0.938. The Kier molecular flexibility index (Phi) is 11.3. The Balaban J connectivity index is 1.96. The van der Waals surface area contributed by atoms with Crippen molar-refractivity contribution in [2.75, 3.05) is 29.9 Å². The van der Waals surface area contributed by atoms with Gasteiger partial charge in [-0.3, -0.25) is 19.4 Å². The zero-order valence-corrected chi connectivity index (χ0v) is 26.0. The number of carbonyl (C=O) groups excluding carboxylic acids is 4. The molecule has 1 aliphatic carbocycles. The van der Waals surface area contributed by atoms with E-state index in [0.29, 0.717) is 11.4 Å². The number of aliphatic imine (C=N–C) groups is 1. The van der Waals surface area contributed by atoms with Gasteiger partial charge in [0.2, 0.25) is 0 Å². The highest BCUT2D eigenvalue weighted by atomic mass is 16.2. The van der Waals surface area contributed by atoms with E-state index in [2.05, 4.69) is 32.6 Å². The molecule has 230 valence electrons. The van der Waals surface area contributed by atoms with Gasteiger partial charge in [-0.25, -0.2) is 4.79 Å². The Morgan fingerprint density at radius 1 is 1.10 bits per heavy atom. The van der Waals surface area contributed by atoms with Crippen LogP contribution >= 0.6 is 0 Å². The molecule has 1 aliphatic heterocycles. The molecule has 1 aromatic rings. The standard InChI is InChI=1S/C32H48N6O4/c1-21(2)29(40)24(17-22(34-7)18-33-6)35-31(42)36-25-19-37(23-13-9-8-10-14-23)26-15-11-12-16-27(26)38(30(25)41)20-28(39)32(3,4)5/h11-12,15-16,18,21,23-25,33H,7-10,13-14,17,19-20H2,1-6H3,(H2,35,36,42)/b22-18-/t24?,25-/m1/s1. The van der Waals surface area contributed by atoms with Gasteiger partial charge in [0.25, 0.3) is 5.91 Å². The molecular formula is C32H48N6O4. The summed E-state index contributed by atoms with van der Waals surface area (Å²) in [6.45, 7) is 12.8. The summed E-state index contributed by atoms with van der Waals surface area (Å²) < 4.78 is 0. The number of Topliss-reactive ketones (excluding diaryl/α,β-unsaturated/α-hetero) is 2. The third-order valence-corrected chi connectivity index (χ3v) is 8.03. The third-order valence-electron chi connectivity index (χ3n) is 8.03. The Morgan fingerprint density at radius 2 is 1.74 bits per heavy atom. The third kappa shape index (κ3) is 8.20. The fourth-order valence-corrected chi connectivity index (χ4v) is 5.53. The average molecular weight is 581 g/mol. The van der Waals surface area contributed by atoms with Crippen molar-refractivity contribution in [1.82, 2.24) is 16.0 Å². The first-order valence-electron chi connectivity index (χ1n) is 15.0. The van der Waals surface area contributed by atoms with Gasteiger partial charge in [-0.15, -0.1) is 0 Å². The molecule has 10 nitrogen and oxygen atoms in total. The zero-order valence-electron chi connectivity index (χ0n) is 26.0. The molecule has 10 heteroatoms. The number of hydrogen-bond donors (Lipinski definition) is 3. The first-order chi connectivity index (χ1) is 19.9. The number of carbonyl (C=O) groups is 4. The monoisotopic (exact) mass is 580 g/mol. The molecule has 2 aliphatic rings. The van der Waals surface area contributed by atoms with Crippen LogP contribution in [0.2, 0.25) is 0 Å². The van der Waals surface area contributed by atoms with E-state index in [-0.39, 0.29) is 48.9 Å². The fraction of sp³-hybridized carbons (Fsp3) is 0.594. The predicted octanol–water partition coefficient (Wildman–Crippen LogP) is 4.20. The van der Waals surface area contributed by atoms with Gasteiger partial charge in [0, 0.05) is 43.6 Å². The molecular weight excluding hydrogens is 532 g/mol. The van der Waals surface area contributed by atoms with Crippen molar-refractivity contribution in [3.63, 3.8) is 0 Å². The van der Waals surface area contributed by atoms with Crippen LogP contribution in [-0.2, 0) is 14.4 Å². The molecule has 3 rings (SSSR count). The SMILES string of the molecule is C=N/C(=C\NC)CC(NC(=O)N[C@@H]1CN(C2CCCCC2)c2ccccc2N(CC(=O)C(C)(C)C)C1=O)C(=O)C(C)C. The van der Waals surface area contributed by atoms with Gasteiger partial charge in [0.15, 0.2) is 11.6 Å². The van der Waals surface area contributed by atoms with Gasteiger partial charge in [-0.1, -0.05) is 66.0 Å². The highest BCUT2D eigenvalue weighted by molar-refractivity contribution is 6.07. The van der Waals surface area contributed by atoms with Gasteiger partial charge < -0.3 is 25.8 Å². The molecule has 2 atom stereocenters. The molecule has 0 spiro atoms. The van der Waals surface area contributed by atoms with Crippen molar-refractivity contribution in [2.45, 2.75) is 91.3 Å². The Morgan fingerprint density at radius 3 is 2.31 bits per heavy atom. The molecule has 0 saturated heterocycles. The lowest BCUT2D eigenvalue weighted by Gasteiger charge is -2.37. The minimum Gasteiger partial charge on any atom is -0.393 e. The van der Waals surface area contributed by atoms with Crippen LogP contribution < -0.4 is 25.8 Å². The summed E-state index contributed by atoms with van der Waals surface area (Å²) in [7, 11) is 1.72. The van der Waals surface area contributed by atoms with Crippen LogP contribution in [0.25, 0.3) is 0 Å². The molecule has 3 N–H and O–H groups in total. The van der Waals surface area contributed by atoms with Crippen LogP contribution in [0, 0.1) is 11.3 Å². The number of amides is 3. The smallest absolute Gasteiger partial charge is 0.316 e. The highest BCUT2D eigenvalue weighted by Gasteiger charge is 2.39. The highest BCUT2D eigenvalue weighted by Crippen LogP contribution is 2.37. The second-order valence-electron chi connectivity index (χ2n) is 12.6. The number of para-hydroxylation sites is 2. The van der Waals surface area contributed by atoms with E-state index in [4.69, 9.17) is 0 Å². The summed E-state index contributed by atoms with van der Waals surface area (Å²) in [6.07, 6.45) is 7.13. The maximum atomic E-state index is 14.2. The first kappa shape index (κ1) is 32.8. The molecule has 1 fully saturated rings. The number of hydrogen-bond acceptors (Lipinski definition) is 7. The Labute approximate surface area is 250 Å². The van der Waals surface area contributed by atoms with Crippen molar-refractivity contribution in [3.05, 3.63) is 36.2 Å². The average Bonchev–Trinajstić information content (AvgIpc) is 3.06. The van der Waals surface area contributed by atoms with E-state index in [1.165, 1.54) is 11.3 Å². The normalized spacial score (nSPS) is 19.1. The van der Waals surface area contributed by atoms with Crippen LogP contribution in [0.15, 0.2) is 41.2 Å². The van der Waals surface area contributed by atoms with E-state index in [9.17, 15) is 19.2 Å². The summed E-state index contributed by atoms with van der Waals surface area (Å²) in [5.41, 5.74) is 1.43. The van der Waals surface area contributed by atoms with Gasteiger partial charge in [-0.05, 0) is 31.7 Å². The van der Waals surface area contributed by atoms with Crippen LogP contribution in [0.5, 0.6) is 0 Å². The fourth-order valence-electron chi connectivity index (χ4n) is 5.53. The van der Waals surface area contributed by atoms with Gasteiger partial charge in [0.05, 0.1) is 29.7 Å². The first-order valence-corrected chi connectivity index (χ1v) is 15.0. The van der Waals surface area contributed by atoms with Crippen molar-refractivity contribution in [2.24, 2.45) is 16.3 Å². The van der Waals surface area contributed by atoms with Crippen LogP contribution in [-0.4, -0.2) is 68.5 Å². The Hall–Kier alpha value is -3.69. The number of anilines is 2. The van der Waals surface area contributed by atoms with E-state index < -0.39 is 23.5 Å². The van der Waals surface area contributed by atoms with E-state index in [1.807, 2.05) is 45.0 Å². The van der Waals surface area contributed by atoms with Crippen molar-refractivity contribution in [3.8, 4) is 0 Å². The maximum Gasteiger partial charge on any atom is 0.316 e. The minimum absolute atomic E-state index is 0.0802. The van der Waals surface area contributed by atoms with Gasteiger partial charge >= 0.3 is 6.03 Å². The topological polar surface area (TPSA) is 123 Å². The van der Waals surface area contributed by atoms with Crippen LogP contribution in [0.4, 0.5) is 16.2 Å². The van der Waals surface area contributed by atoms with E-state index in [1.54, 1.807) is 27.1 Å². The van der Waals surface area contributed by atoms with Gasteiger partial charge in [-0.2, -0.15) is 0 Å². The number of nitrogens with zero attached hydrogens (tertiary/aromatic N) is 3. The number of rotatable bonds is 11. The molecule has 3 amide bonds. The second kappa shape index (κ2) is 14.5. The summed E-state index contributed by atoms with van der Waals surface area (Å²) in [5, 5.41) is 8.55. The molecule has 42 heavy (non-hydrogen) atoms. The number of nitrogens with one attached hydrogen (secondary N) is 3. The second-order valence-corrected chi connectivity index (χ2v) is 12.6. The largest absolute Gasteiger partial charge is 0.393 e. The van der Waals surface area contributed by atoms with Crippen LogP contribution in [0.1, 0.15) is 73.1 Å². The predicted molar refractivity (Wildman–Crippen MR) is 168 cm³/mol. The number of urea groups is 1. The van der Waals surface area contributed by atoms with Crippen molar-refractivity contribution in [1.29, 1.82) is 0 Å². The number of fused-ring (bicyclic) bond motifs is 1. The van der Waals surface area contributed by atoms with E-state index >= 15 is 0 Å². The molecule has 1 saturated carbocycles. The number of ketones is 2. The van der Waals surface area contributed by atoms with E-state index in [0.717, 1.165) is 31.4 Å². The zero-order chi connectivity index (χ0) is 31.0. The number of benzene rings is 1. The molecule has 0 aromatic heterocycles. The van der Waals surface area contributed by atoms with Gasteiger partial charge in [0.1, 0.15) is 6.04 Å². The molecule has 0 bridgehead atoms. The lowest BCUT2D eigenvalue weighted by molar-refractivity contribution is -0.127. The lowest BCUT2D eigenvalue weighted by atomic mass is 9.90. The molecule has 0 radical (unpaired) electrons. The quantitative estimate of drug-likeness (QED) is 0.337.